The number of alkyl halides is 5. The molecule has 0 aliphatic heterocycles. The van der Waals surface area contributed by atoms with E-state index in [1.807, 2.05) is 0 Å². The zero-order valence-electron chi connectivity index (χ0n) is 20.2. The summed E-state index contributed by atoms with van der Waals surface area (Å²) in [6.45, 7) is 4.04. The predicted octanol–water partition coefficient (Wildman–Crippen LogP) is 3.12. The van der Waals surface area contributed by atoms with Crippen LogP contribution in [-0.2, 0) is 6.18 Å². The number of hydrogen-bond acceptors (Lipinski definition) is 5. The van der Waals surface area contributed by atoms with Crippen molar-refractivity contribution < 1.29 is 95.6 Å². The van der Waals surface area contributed by atoms with E-state index in [0.717, 1.165) is 6.92 Å². The van der Waals surface area contributed by atoms with Gasteiger partial charge in [0.05, 0.1) is 5.56 Å². The van der Waals surface area contributed by atoms with Crippen LogP contribution in [0.3, 0.4) is 0 Å². The first kappa shape index (κ1) is 35.8. The van der Waals surface area contributed by atoms with Crippen LogP contribution in [0.15, 0.2) is 24.3 Å². The minimum absolute atomic E-state index is 0. The van der Waals surface area contributed by atoms with Crippen LogP contribution in [0.25, 0.3) is 0 Å². The molecule has 2 aromatic rings. The van der Waals surface area contributed by atoms with Crippen molar-refractivity contribution in [3.05, 3.63) is 54.6 Å². The molecule has 5 nitrogen and oxygen atoms in total. The fourth-order valence-corrected chi connectivity index (χ4v) is 2.82. The van der Waals surface area contributed by atoms with Gasteiger partial charge in [0.15, 0.2) is 11.5 Å². The van der Waals surface area contributed by atoms with E-state index in [4.69, 9.17) is 0 Å². The normalized spacial score (nSPS) is 10.8. The Labute approximate surface area is 262 Å². The van der Waals surface area contributed by atoms with Gasteiger partial charge in [-0.05, 0) is 25.7 Å². The molecule has 0 unspecified atom stereocenters. The van der Waals surface area contributed by atoms with Crippen LogP contribution in [0.2, 0.25) is 0 Å². The van der Waals surface area contributed by atoms with Gasteiger partial charge in [-0.1, -0.05) is 12.6 Å². The van der Waals surface area contributed by atoms with E-state index in [2.05, 4.69) is 34.2 Å². The van der Waals surface area contributed by atoms with Crippen molar-refractivity contribution in [2.75, 3.05) is 29.6 Å². The van der Waals surface area contributed by atoms with Crippen molar-refractivity contribution in [3.63, 3.8) is 0 Å². The summed E-state index contributed by atoms with van der Waals surface area (Å²) in [5.41, 5.74) is -1.77. The van der Waals surface area contributed by atoms with Gasteiger partial charge in [0.2, 0.25) is 11.8 Å². The number of carbonyl (C=O) groups is 1. The standard InChI is InChI=1S/C20H22F5N4O.CH4S.CH3.Cs/c1-4-19(21,22)11-12-29(5-2)17-15(13(3)16(27-28-17)20(23,24)25)18(30)26-14-9-7-6-8-10-14;1-2;;/h6-7,9-10H,4-5,11-12H2,1-3H3,(H,26,30);2H,1H3;1H3;/q-1;;-1;+1. The number of carbonyl (C=O) groups excluding carboxylic acids is 1. The van der Waals surface area contributed by atoms with Crippen LogP contribution >= 0.6 is 12.6 Å². The molecule has 1 aromatic heterocycles. The smallest absolute Gasteiger partial charge is 0.375 e. The fourth-order valence-electron chi connectivity index (χ4n) is 2.82. The summed E-state index contributed by atoms with van der Waals surface area (Å²) in [6, 6.07) is 8.93. The van der Waals surface area contributed by atoms with Crippen LogP contribution in [0.4, 0.5) is 33.5 Å². The third kappa shape index (κ3) is 10.3. The first-order valence-corrected chi connectivity index (χ1v) is 10.7. The number of halogens is 5. The second-order valence-electron chi connectivity index (χ2n) is 6.66. The molecule has 1 heterocycles. The Balaban J connectivity index is 0. The van der Waals surface area contributed by atoms with E-state index in [1.54, 1.807) is 31.4 Å². The van der Waals surface area contributed by atoms with Gasteiger partial charge in [0.1, 0.15) is 0 Å². The quantitative estimate of drug-likeness (QED) is 0.269. The van der Waals surface area contributed by atoms with Gasteiger partial charge in [-0.25, -0.2) is 8.78 Å². The van der Waals surface area contributed by atoms with E-state index < -0.39 is 35.7 Å². The van der Waals surface area contributed by atoms with Crippen molar-refractivity contribution in [1.29, 1.82) is 0 Å². The fraction of sp³-hybridized carbons (Fsp3) is 0.455. The maximum Gasteiger partial charge on any atom is 1.00 e. The predicted molar refractivity (Wildman–Crippen MR) is 124 cm³/mol. The molecule has 0 saturated carbocycles. The van der Waals surface area contributed by atoms with Crippen LogP contribution in [0, 0.1) is 20.4 Å². The number of hydrogen-bond donors (Lipinski definition) is 2. The molecule has 0 atom stereocenters. The van der Waals surface area contributed by atoms with Gasteiger partial charge in [0.25, 0.3) is 0 Å². The maximum atomic E-state index is 13.7. The van der Waals surface area contributed by atoms with Gasteiger partial charge < -0.3 is 17.6 Å². The number of amides is 1. The molecule has 2 rings (SSSR count). The summed E-state index contributed by atoms with van der Waals surface area (Å²) in [5, 5.41) is 9.35. The molecule has 0 saturated heterocycles. The number of rotatable bonds is 8. The minimum Gasteiger partial charge on any atom is -0.375 e. The Hall–Kier alpha value is -0.378. The average molecular weight is 625 g/mol. The first-order chi connectivity index (χ1) is 15.0. The Morgan fingerprint density at radius 3 is 2.26 bits per heavy atom. The van der Waals surface area contributed by atoms with Crippen molar-refractivity contribution in [3.8, 4) is 0 Å². The van der Waals surface area contributed by atoms with Crippen LogP contribution in [0.1, 0.15) is 48.3 Å². The zero-order chi connectivity index (χ0) is 24.5. The molecule has 0 aliphatic rings. The van der Waals surface area contributed by atoms with Gasteiger partial charge in [-0.15, -0.1) is 16.3 Å². The molecule has 0 spiro atoms. The molecule has 0 fully saturated rings. The van der Waals surface area contributed by atoms with E-state index >= 15 is 0 Å². The number of anilines is 2. The molecule has 1 N–H and O–H groups in total. The second kappa shape index (κ2) is 16.4. The molecule has 0 bridgehead atoms. The Kier molecular flexibility index (Phi) is 17.2. The number of thiol groups is 1. The van der Waals surface area contributed by atoms with E-state index in [1.165, 1.54) is 17.9 Å². The Morgan fingerprint density at radius 2 is 1.79 bits per heavy atom. The van der Waals surface area contributed by atoms with E-state index in [-0.39, 0.29) is 107 Å². The summed E-state index contributed by atoms with van der Waals surface area (Å²) in [6.07, 6.45) is -4.04. The molecule has 0 aliphatic carbocycles. The van der Waals surface area contributed by atoms with Crippen molar-refractivity contribution in [1.82, 2.24) is 10.2 Å². The average Bonchev–Trinajstić information content (AvgIpc) is 2.75. The van der Waals surface area contributed by atoms with E-state index in [0.29, 0.717) is 5.69 Å². The van der Waals surface area contributed by atoms with E-state index in [9.17, 15) is 26.7 Å². The molecular formula is C22H29CsF5N4OS-. The van der Waals surface area contributed by atoms with Gasteiger partial charge in [0, 0.05) is 25.9 Å². The number of nitrogens with one attached hydrogen (secondary N) is 1. The topological polar surface area (TPSA) is 58.1 Å². The second-order valence-corrected chi connectivity index (χ2v) is 6.66. The zero-order valence-corrected chi connectivity index (χ0v) is 27.4. The molecule has 34 heavy (non-hydrogen) atoms. The number of benzene rings is 1. The number of nitrogens with zero attached hydrogens (tertiary/aromatic N) is 3. The van der Waals surface area contributed by atoms with Crippen molar-refractivity contribution in [2.24, 2.45) is 0 Å². The maximum absolute atomic E-state index is 13.7. The van der Waals surface area contributed by atoms with Crippen molar-refractivity contribution in [2.45, 2.75) is 45.7 Å². The SMILES string of the molecule is CCN(CCC(F)(F)CC)c1nnc(C(F)(F)F)c(C)c1C(=O)Nc1c[c-]ccc1.CS.[CH3-].[Cs+]. The molecule has 0 radical (unpaired) electrons. The summed E-state index contributed by atoms with van der Waals surface area (Å²) < 4.78 is 67.4. The Bertz CT molecular complexity index is 886. The van der Waals surface area contributed by atoms with Gasteiger partial charge in [-0.2, -0.15) is 50.1 Å². The molecule has 12 heteroatoms. The molecular weight excluding hydrogens is 596 g/mol. The molecule has 1 amide bonds. The van der Waals surface area contributed by atoms with Crippen LogP contribution in [-0.4, -0.2) is 41.4 Å². The largest absolute Gasteiger partial charge is 1.00 e. The molecule has 1 aromatic carbocycles. The van der Waals surface area contributed by atoms with Crippen LogP contribution < -0.4 is 79.1 Å². The summed E-state index contributed by atoms with van der Waals surface area (Å²) in [7, 11) is 0. The van der Waals surface area contributed by atoms with Gasteiger partial charge in [-0.3, -0.25) is 4.79 Å². The summed E-state index contributed by atoms with van der Waals surface area (Å²) >= 11 is 3.53. The summed E-state index contributed by atoms with van der Waals surface area (Å²) in [5.74, 6) is -3.96. The van der Waals surface area contributed by atoms with Crippen molar-refractivity contribution >= 4 is 30.0 Å². The molecule has 186 valence electrons. The first-order valence-electron chi connectivity index (χ1n) is 9.79. The van der Waals surface area contributed by atoms with Crippen LogP contribution in [0.5, 0.6) is 0 Å². The third-order valence-electron chi connectivity index (χ3n) is 4.61. The monoisotopic (exact) mass is 625 g/mol. The Morgan fingerprint density at radius 1 is 1.18 bits per heavy atom. The third-order valence-corrected chi connectivity index (χ3v) is 4.61. The number of aromatic nitrogens is 2. The van der Waals surface area contributed by atoms with Gasteiger partial charge >= 0.3 is 75.1 Å². The minimum atomic E-state index is -4.82. The summed E-state index contributed by atoms with van der Waals surface area (Å²) in [4.78, 5) is 14.2.